The van der Waals surface area contributed by atoms with Gasteiger partial charge in [-0.05, 0) is 43.2 Å². The number of hydrogen-bond acceptors (Lipinski definition) is 7. The van der Waals surface area contributed by atoms with Gasteiger partial charge in [0.2, 0.25) is 20.0 Å². The second-order valence-electron chi connectivity index (χ2n) is 10.8. The van der Waals surface area contributed by atoms with Crippen molar-refractivity contribution in [3.8, 4) is 0 Å². The van der Waals surface area contributed by atoms with Crippen molar-refractivity contribution in [1.82, 2.24) is 8.61 Å². The lowest BCUT2D eigenvalue weighted by Crippen LogP contribution is -2.59. The largest absolute Gasteiger partial charge is 0.421 e. The predicted octanol–water partition coefficient (Wildman–Crippen LogP) is 4.51. The van der Waals surface area contributed by atoms with Crippen molar-refractivity contribution >= 4 is 42.8 Å². The minimum Gasteiger partial charge on any atom is -0.376 e. The van der Waals surface area contributed by atoms with Crippen LogP contribution in [0.1, 0.15) is 37.4 Å². The summed E-state index contributed by atoms with van der Waals surface area (Å²) in [6.45, 7) is 2.38. The van der Waals surface area contributed by atoms with Gasteiger partial charge in [0.05, 0.1) is 17.2 Å². The fraction of sp³-hybridized carbons (Fsp3) is 0.414. The maximum absolute atomic E-state index is 13.7. The van der Waals surface area contributed by atoms with Gasteiger partial charge in [-0.15, -0.1) is 0 Å². The van der Waals surface area contributed by atoms with E-state index in [-0.39, 0.29) is 41.5 Å². The van der Waals surface area contributed by atoms with Gasteiger partial charge < -0.3 is 10.0 Å². The molecule has 0 amide bonds. The molecular formula is C29H34F3N3O5S3. The Morgan fingerprint density at radius 1 is 1.05 bits per heavy atom. The topological polar surface area (TPSA) is 98.2 Å². The molecule has 4 rings (SSSR count). The number of benzene rings is 2. The monoisotopic (exact) mass is 657 g/mol. The molecule has 1 aliphatic carbocycles. The summed E-state index contributed by atoms with van der Waals surface area (Å²) in [5, 5.41) is 10.1. The van der Waals surface area contributed by atoms with Crippen LogP contribution in [0.3, 0.4) is 0 Å². The van der Waals surface area contributed by atoms with Crippen molar-refractivity contribution in [1.29, 1.82) is 0 Å². The summed E-state index contributed by atoms with van der Waals surface area (Å²) in [7, 11) is -7.81. The van der Waals surface area contributed by atoms with Gasteiger partial charge in [-0.2, -0.15) is 21.8 Å². The molecule has 0 aromatic heterocycles. The average molecular weight is 658 g/mol. The molecule has 1 saturated heterocycles. The van der Waals surface area contributed by atoms with Crippen LogP contribution in [-0.2, 0) is 25.6 Å². The van der Waals surface area contributed by atoms with E-state index in [4.69, 9.17) is 12.2 Å². The van der Waals surface area contributed by atoms with Crippen LogP contribution >= 0.6 is 12.2 Å². The van der Waals surface area contributed by atoms with E-state index in [0.717, 1.165) is 11.8 Å². The molecule has 0 saturated carbocycles. The standard InChI is InChI=1S/C29H34F3N3O5S3/c1-21(22-9-5-4-6-10-22)35(42(3,37)38)20-25-19-33(43(39,40)27-12-8-7-11-26(27)41)17-18-34(25)24-15-13-23(14-16-24)28(2,36)29(30,31)32/h4-10,12-16,21,25,36H,11,17-20H2,1-3H3/t21-,25-,28-/m1/s1. The molecule has 0 spiro atoms. The molecule has 2 aromatic carbocycles. The quantitative estimate of drug-likeness (QED) is 0.397. The third kappa shape index (κ3) is 7.04. The molecule has 14 heteroatoms. The molecule has 8 nitrogen and oxygen atoms in total. The lowest BCUT2D eigenvalue weighted by atomic mass is 9.95. The molecule has 2 aromatic rings. The Balaban J connectivity index is 1.72. The molecule has 43 heavy (non-hydrogen) atoms. The third-order valence-corrected chi connectivity index (χ3v) is 11.7. The van der Waals surface area contributed by atoms with Crippen molar-refractivity contribution in [2.24, 2.45) is 0 Å². The number of alkyl halides is 3. The van der Waals surface area contributed by atoms with E-state index in [9.17, 15) is 35.1 Å². The molecule has 3 atom stereocenters. The Labute approximate surface area is 256 Å². The Morgan fingerprint density at radius 3 is 2.23 bits per heavy atom. The SMILES string of the molecule is C[C@H](c1ccccc1)N(C[C@H]1CN(S(=O)(=O)C2=CC=CCC2=S)CCN1c1ccc([C@@](C)(O)C(F)(F)F)cc1)S(C)(=O)=O. The molecule has 2 aliphatic rings. The van der Waals surface area contributed by atoms with Gasteiger partial charge in [0.1, 0.15) is 0 Å². The van der Waals surface area contributed by atoms with Gasteiger partial charge in [-0.1, -0.05) is 66.8 Å². The van der Waals surface area contributed by atoms with E-state index < -0.39 is 43.9 Å². The summed E-state index contributed by atoms with van der Waals surface area (Å²) < 4.78 is 96.4. The first-order valence-electron chi connectivity index (χ1n) is 13.5. The zero-order chi connectivity index (χ0) is 31.8. The van der Waals surface area contributed by atoms with E-state index in [1.807, 2.05) is 6.07 Å². The molecule has 234 valence electrons. The number of rotatable bonds is 9. The fourth-order valence-corrected chi connectivity index (χ4v) is 8.47. The molecule has 1 aliphatic heterocycles. The highest BCUT2D eigenvalue weighted by Crippen LogP contribution is 2.39. The van der Waals surface area contributed by atoms with Crippen LogP contribution in [0, 0.1) is 0 Å². The maximum Gasteiger partial charge on any atom is 0.421 e. The van der Waals surface area contributed by atoms with Crippen LogP contribution in [0.2, 0.25) is 0 Å². The molecule has 1 heterocycles. The number of hydrogen-bond donors (Lipinski definition) is 1. The minimum atomic E-state index is -4.90. The second-order valence-corrected chi connectivity index (χ2v) is 15.2. The summed E-state index contributed by atoms with van der Waals surface area (Å²) in [6, 6.07) is 12.9. The van der Waals surface area contributed by atoms with E-state index in [1.165, 1.54) is 39.0 Å². The van der Waals surface area contributed by atoms with Crippen LogP contribution in [0.25, 0.3) is 0 Å². The lowest BCUT2D eigenvalue weighted by molar-refractivity contribution is -0.258. The van der Waals surface area contributed by atoms with Crippen LogP contribution in [0.4, 0.5) is 18.9 Å². The van der Waals surface area contributed by atoms with Gasteiger partial charge in [0.25, 0.3) is 0 Å². The van der Waals surface area contributed by atoms with Crippen molar-refractivity contribution in [3.63, 3.8) is 0 Å². The van der Waals surface area contributed by atoms with Crippen molar-refractivity contribution < 1.29 is 35.1 Å². The van der Waals surface area contributed by atoms with Gasteiger partial charge in [0.15, 0.2) is 5.60 Å². The smallest absolute Gasteiger partial charge is 0.376 e. The number of halogens is 3. The summed E-state index contributed by atoms with van der Waals surface area (Å²) in [4.78, 5) is 2.10. The Hall–Kier alpha value is -2.62. The number of allylic oxidation sites excluding steroid dienone is 4. The van der Waals surface area contributed by atoms with Crippen LogP contribution < -0.4 is 4.90 Å². The number of piperazine rings is 1. The van der Waals surface area contributed by atoms with E-state index >= 15 is 0 Å². The zero-order valence-electron chi connectivity index (χ0n) is 23.9. The highest BCUT2D eigenvalue weighted by Gasteiger charge is 2.51. The highest BCUT2D eigenvalue weighted by molar-refractivity contribution is 7.96. The Morgan fingerprint density at radius 2 is 1.67 bits per heavy atom. The van der Waals surface area contributed by atoms with Gasteiger partial charge in [0, 0.05) is 49.2 Å². The van der Waals surface area contributed by atoms with E-state index in [2.05, 4.69) is 0 Å². The van der Waals surface area contributed by atoms with Crippen LogP contribution in [0.5, 0.6) is 0 Å². The first kappa shape index (κ1) is 33.3. The summed E-state index contributed by atoms with van der Waals surface area (Å²) in [5.41, 5.74) is -2.23. The Bertz CT molecular complexity index is 1610. The summed E-state index contributed by atoms with van der Waals surface area (Å²) in [5.74, 6) is 0. The van der Waals surface area contributed by atoms with Crippen molar-refractivity contribution in [2.75, 3.05) is 37.3 Å². The van der Waals surface area contributed by atoms with E-state index in [0.29, 0.717) is 19.0 Å². The predicted molar refractivity (Wildman–Crippen MR) is 165 cm³/mol. The number of thiocarbonyl (C=S) groups is 1. The molecule has 1 fully saturated rings. The summed E-state index contributed by atoms with van der Waals surface area (Å²) >= 11 is 5.33. The first-order chi connectivity index (χ1) is 19.9. The number of anilines is 1. The zero-order valence-corrected chi connectivity index (χ0v) is 26.3. The highest BCUT2D eigenvalue weighted by atomic mass is 32.2. The molecule has 0 unspecified atom stereocenters. The Kier molecular flexibility index (Phi) is 9.60. The van der Waals surface area contributed by atoms with Crippen LogP contribution in [-0.4, -0.2) is 80.1 Å². The first-order valence-corrected chi connectivity index (χ1v) is 17.2. The molecule has 1 N–H and O–H groups in total. The summed E-state index contributed by atoms with van der Waals surface area (Å²) in [6.07, 6.45) is 1.34. The number of aliphatic hydroxyl groups is 1. The normalized spacial score (nSPS) is 21.0. The van der Waals surface area contributed by atoms with Gasteiger partial charge in [-0.3, -0.25) is 0 Å². The van der Waals surface area contributed by atoms with Crippen LogP contribution in [0.15, 0.2) is 77.7 Å². The average Bonchev–Trinajstić information content (AvgIpc) is 2.95. The molecule has 0 radical (unpaired) electrons. The molecule has 0 bridgehead atoms. The number of sulfonamides is 2. The van der Waals surface area contributed by atoms with Gasteiger partial charge in [-0.25, -0.2) is 16.8 Å². The number of nitrogens with zero attached hydrogens (tertiary/aromatic N) is 3. The molecular weight excluding hydrogens is 624 g/mol. The van der Waals surface area contributed by atoms with Crippen molar-refractivity contribution in [3.05, 3.63) is 88.9 Å². The minimum absolute atomic E-state index is 0.0218. The lowest BCUT2D eigenvalue weighted by Gasteiger charge is -2.44. The second kappa shape index (κ2) is 12.4. The van der Waals surface area contributed by atoms with Crippen molar-refractivity contribution in [2.45, 2.75) is 44.1 Å². The van der Waals surface area contributed by atoms with E-state index in [1.54, 1.807) is 48.2 Å². The van der Waals surface area contributed by atoms with Gasteiger partial charge >= 0.3 is 6.18 Å². The third-order valence-electron chi connectivity index (χ3n) is 7.87. The fourth-order valence-electron chi connectivity index (χ4n) is 5.26. The maximum atomic E-state index is 13.7.